The first-order valence-corrected chi connectivity index (χ1v) is 9.61. The number of rotatable bonds is 4. The number of allylic oxidation sites excluding steroid dienone is 2. The quantitative estimate of drug-likeness (QED) is 0.645. The second-order valence-corrected chi connectivity index (χ2v) is 9.39. The molecule has 1 aromatic carbocycles. The lowest BCUT2D eigenvalue weighted by molar-refractivity contribution is 0.163. The predicted molar refractivity (Wildman–Crippen MR) is 105 cm³/mol. The van der Waals surface area contributed by atoms with E-state index in [9.17, 15) is 0 Å². The molecule has 0 saturated heterocycles. The van der Waals surface area contributed by atoms with E-state index in [1.165, 1.54) is 29.5 Å². The van der Waals surface area contributed by atoms with Gasteiger partial charge in [0.25, 0.3) is 0 Å². The van der Waals surface area contributed by atoms with Crippen LogP contribution in [-0.2, 0) is 5.41 Å². The van der Waals surface area contributed by atoms with Gasteiger partial charge in [-0.15, -0.1) is 0 Å². The van der Waals surface area contributed by atoms with Gasteiger partial charge in [-0.1, -0.05) is 47.6 Å². The highest BCUT2D eigenvalue weighted by atomic mass is 16.5. The summed E-state index contributed by atoms with van der Waals surface area (Å²) >= 11 is 0. The molecule has 2 atom stereocenters. The molecule has 0 radical (unpaired) electrons. The number of hydrogen-bond donors (Lipinski definition) is 0. The fourth-order valence-electron chi connectivity index (χ4n) is 5.33. The largest absolute Gasteiger partial charge is 0.496 e. The molecule has 25 heavy (non-hydrogen) atoms. The van der Waals surface area contributed by atoms with Crippen molar-refractivity contribution in [2.75, 3.05) is 14.2 Å². The van der Waals surface area contributed by atoms with Crippen LogP contribution in [-0.4, -0.2) is 14.2 Å². The Morgan fingerprint density at radius 3 is 2.04 bits per heavy atom. The maximum atomic E-state index is 5.88. The van der Waals surface area contributed by atoms with Gasteiger partial charge in [-0.3, -0.25) is 0 Å². The van der Waals surface area contributed by atoms with E-state index < -0.39 is 0 Å². The van der Waals surface area contributed by atoms with Gasteiger partial charge in [0.2, 0.25) is 0 Å². The Morgan fingerprint density at radius 1 is 1.08 bits per heavy atom. The lowest BCUT2D eigenvalue weighted by atomic mass is 9.63. The van der Waals surface area contributed by atoms with E-state index in [0.29, 0.717) is 11.3 Å². The first-order valence-electron chi connectivity index (χ1n) is 9.61. The highest BCUT2D eigenvalue weighted by Crippen LogP contribution is 2.70. The Morgan fingerprint density at radius 2 is 1.64 bits per heavy atom. The van der Waals surface area contributed by atoms with Gasteiger partial charge < -0.3 is 9.47 Å². The minimum Gasteiger partial charge on any atom is -0.496 e. The second kappa shape index (κ2) is 5.79. The van der Waals surface area contributed by atoms with Crippen LogP contribution < -0.4 is 9.47 Å². The molecule has 2 bridgehead atoms. The molecule has 0 aliphatic heterocycles. The third kappa shape index (κ3) is 2.44. The number of ether oxygens (including phenoxy) is 2. The summed E-state index contributed by atoms with van der Waals surface area (Å²) in [6.07, 6.45) is 6.25. The number of methoxy groups -OCH3 is 2. The number of fused-ring (bicyclic) bond motifs is 2. The van der Waals surface area contributed by atoms with Gasteiger partial charge in [-0.2, -0.15) is 0 Å². The van der Waals surface area contributed by atoms with Crippen LogP contribution in [0.3, 0.4) is 0 Å². The normalized spacial score (nSPS) is 27.4. The first kappa shape index (κ1) is 18.4. The summed E-state index contributed by atoms with van der Waals surface area (Å²) in [5.41, 5.74) is 4.46. The molecule has 3 rings (SSSR count). The summed E-state index contributed by atoms with van der Waals surface area (Å²) in [5.74, 6) is 2.55. The molecular weight excluding hydrogens is 308 g/mol. The maximum Gasteiger partial charge on any atom is 0.130 e. The molecule has 2 nitrogen and oxygen atoms in total. The smallest absolute Gasteiger partial charge is 0.130 e. The van der Waals surface area contributed by atoms with Gasteiger partial charge in [0.1, 0.15) is 11.5 Å². The molecule has 0 spiro atoms. The highest BCUT2D eigenvalue weighted by molar-refractivity contribution is 5.83. The third-order valence-corrected chi connectivity index (χ3v) is 7.17. The summed E-state index contributed by atoms with van der Waals surface area (Å²) < 4.78 is 11.8. The molecule has 0 N–H and O–H groups in total. The average Bonchev–Trinajstić information content (AvgIpc) is 2.95. The van der Waals surface area contributed by atoms with Crippen molar-refractivity contribution in [1.82, 2.24) is 0 Å². The molecule has 0 heterocycles. The topological polar surface area (TPSA) is 18.5 Å². The zero-order valence-corrected chi connectivity index (χ0v) is 17.2. The summed E-state index contributed by atoms with van der Waals surface area (Å²) in [6, 6.07) is 4.42. The van der Waals surface area contributed by atoms with Crippen molar-refractivity contribution in [1.29, 1.82) is 0 Å². The van der Waals surface area contributed by atoms with Crippen LogP contribution >= 0.6 is 0 Å². The third-order valence-electron chi connectivity index (χ3n) is 7.17. The van der Waals surface area contributed by atoms with Crippen LogP contribution in [0, 0.1) is 16.7 Å². The van der Waals surface area contributed by atoms with Crippen LogP contribution in [0.5, 0.6) is 11.5 Å². The minimum absolute atomic E-state index is 0.0594. The minimum atomic E-state index is 0.0594. The van der Waals surface area contributed by atoms with Gasteiger partial charge >= 0.3 is 0 Å². The van der Waals surface area contributed by atoms with Crippen molar-refractivity contribution >= 4 is 5.57 Å². The van der Waals surface area contributed by atoms with Gasteiger partial charge in [0, 0.05) is 5.41 Å². The Hall–Kier alpha value is -1.44. The molecule has 0 aromatic heterocycles. The van der Waals surface area contributed by atoms with E-state index in [2.05, 4.69) is 59.8 Å². The summed E-state index contributed by atoms with van der Waals surface area (Å²) in [7, 11) is 3.56. The molecule has 2 aliphatic carbocycles. The lowest BCUT2D eigenvalue weighted by Crippen LogP contribution is -2.32. The Labute approximate surface area is 153 Å². The van der Waals surface area contributed by atoms with E-state index in [0.717, 1.165) is 17.9 Å². The number of hydrogen-bond acceptors (Lipinski definition) is 2. The van der Waals surface area contributed by atoms with Crippen molar-refractivity contribution in [2.45, 2.75) is 66.2 Å². The van der Waals surface area contributed by atoms with Crippen molar-refractivity contribution in [3.8, 4) is 11.5 Å². The molecule has 1 aromatic rings. The molecule has 0 unspecified atom stereocenters. The standard InChI is InChI=1S/C23H34O2/c1-9-23-11-10-15(22(23,5)6)12-17(23)20-18(24-7)13-16(21(2,3)4)14-19(20)25-8/h12-15H,9-11H2,1-8H3/t15-,23+/m1/s1. The lowest BCUT2D eigenvalue weighted by Gasteiger charge is -2.41. The molecule has 1 fully saturated rings. The van der Waals surface area contributed by atoms with Crippen LogP contribution in [0.4, 0.5) is 0 Å². The van der Waals surface area contributed by atoms with Crippen LogP contribution in [0.2, 0.25) is 0 Å². The van der Waals surface area contributed by atoms with Gasteiger partial charge in [-0.05, 0) is 59.3 Å². The molecule has 138 valence electrons. The predicted octanol–water partition coefficient (Wildman–Crippen LogP) is 6.23. The van der Waals surface area contributed by atoms with Gasteiger partial charge in [0.15, 0.2) is 0 Å². The van der Waals surface area contributed by atoms with Crippen molar-refractivity contribution in [2.24, 2.45) is 16.7 Å². The fourth-order valence-corrected chi connectivity index (χ4v) is 5.33. The molecule has 1 saturated carbocycles. The Kier molecular flexibility index (Phi) is 4.25. The van der Waals surface area contributed by atoms with E-state index in [1.54, 1.807) is 14.2 Å². The monoisotopic (exact) mass is 342 g/mol. The van der Waals surface area contributed by atoms with E-state index in [-0.39, 0.29) is 10.8 Å². The SMILES string of the molecule is CC[C@]12CC[C@H](C=C1c1c(OC)cc(C(C)(C)C)cc1OC)C2(C)C. The van der Waals surface area contributed by atoms with Crippen molar-refractivity contribution in [3.63, 3.8) is 0 Å². The summed E-state index contributed by atoms with van der Waals surface area (Å²) in [6.45, 7) is 13.9. The molecule has 0 amide bonds. The first-order chi connectivity index (χ1) is 11.6. The fraction of sp³-hybridized carbons (Fsp3) is 0.652. The van der Waals surface area contributed by atoms with Crippen molar-refractivity contribution < 1.29 is 9.47 Å². The van der Waals surface area contributed by atoms with Gasteiger partial charge in [0.05, 0.1) is 19.8 Å². The van der Waals surface area contributed by atoms with Crippen molar-refractivity contribution in [3.05, 3.63) is 29.3 Å². The Bertz CT molecular complexity index is 680. The maximum absolute atomic E-state index is 5.88. The second-order valence-electron chi connectivity index (χ2n) is 9.39. The van der Waals surface area contributed by atoms with Crippen LogP contribution in [0.25, 0.3) is 5.57 Å². The molecular formula is C23H34O2. The average molecular weight is 343 g/mol. The molecule has 2 aliphatic rings. The zero-order valence-electron chi connectivity index (χ0n) is 17.2. The van der Waals surface area contributed by atoms with E-state index >= 15 is 0 Å². The highest BCUT2D eigenvalue weighted by Gasteiger charge is 2.59. The van der Waals surface area contributed by atoms with E-state index in [4.69, 9.17) is 9.47 Å². The van der Waals surface area contributed by atoms with Crippen LogP contribution in [0.1, 0.15) is 71.9 Å². The Balaban J connectivity index is 2.23. The summed E-state index contributed by atoms with van der Waals surface area (Å²) in [4.78, 5) is 0. The van der Waals surface area contributed by atoms with E-state index in [1.807, 2.05) is 0 Å². The zero-order chi connectivity index (χ0) is 18.6. The van der Waals surface area contributed by atoms with Crippen LogP contribution in [0.15, 0.2) is 18.2 Å². The summed E-state index contributed by atoms with van der Waals surface area (Å²) in [5, 5.41) is 0. The van der Waals surface area contributed by atoms with Gasteiger partial charge in [-0.25, -0.2) is 0 Å². The molecule has 2 heteroatoms. The number of benzene rings is 1.